The van der Waals surface area contributed by atoms with Gasteiger partial charge in [0.2, 0.25) is 0 Å². The Hall–Kier alpha value is -1.72. The Labute approximate surface area is 122 Å². The van der Waals surface area contributed by atoms with E-state index in [1.54, 1.807) is 27.7 Å². The molecule has 0 heterocycles. The summed E-state index contributed by atoms with van der Waals surface area (Å²) in [5.74, 6) is -0.516. The maximum Gasteiger partial charge on any atom is 0.393 e. The van der Waals surface area contributed by atoms with Crippen molar-refractivity contribution in [3.8, 4) is 5.75 Å². The molecule has 21 heavy (non-hydrogen) atoms. The summed E-state index contributed by atoms with van der Waals surface area (Å²) in [6.07, 6.45) is -5.38. The number of hydrogen-bond donors (Lipinski definition) is 0. The second-order valence-corrected chi connectivity index (χ2v) is 5.56. The van der Waals surface area contributed by atoms with Gasteiger partial charge in [-0.15, -0.1) is 0 Å². The molecule has 0 unspecified atom stereocenters. The second kappa shape index (κ2) is 6.37. The first kappa shape index (κ1) is 17.3. The van der Waals surface area contributed by atoms with E-state index >= 15 is 0 Å². The van der Waals surface area contributed by atoms with Crippen molar-refractivity contribution in [2.45, 2.75) is 45.9 Å². The zero-order valence-electron chi connectivity index (χ0n) is 12.5. The Balaban J connectivity index is 3.07. The molecule has 0 spiro atoms. The van der Waals surface area contributed by atoms with Gasteiger partial charge in [0.1, 0.15) is 16.9 Å². The number of ether oxygens (including phenoxy) is 2. The summed E-state index contributed by atoms with van der Waals surface area (Å²) in [6, 6.07) is 3.80. The van der Waals surface area contributed by atoms with Crippen LogP contribution in [-0.4, -0.2) is 24.4 Å². The maximum atomic E-state index is 12.4. The van der Waals surface area contributed by atoms with E-state index in [2.05, 4.69) is 0 Å². The van der Waals surface area contributed by atoms with Crippen LogP contribution in [0.5, 0.6) is 5.75 Å². The van der Waals surface area contributed by atoms with Gasteiger partial charge >= 0.3 is 12.1 Å². The number of benzene rings is 1. The van der Waals surface area contributed by atoms with Crippen LogP contribution in [0.25, 0.3) is 0 Å². The number of rotatable bonds is 4. The molecule has 1 aromatic rings. The molecular weight excluding hydrogens is 285 g/mol. The van der Waals surface area contributed by atoms with Crippen molar-refractivity contribution >= 4 is 5.97 Å². The lowest BCUT2D eigenvalue weighted by Crippen LogP contribution is -2.24. The van der Waals surface area contributed by atoms with Gasteiger partial charge in [0.15, 0.2) is 0 Å². The van der Waals surface area contributed by atoms with E-state index in [-0.39, 0.29) is 23.5 Å². The minimum absolute atomic E-state index is 0.0401. The van der Waals surface area contributed by atoms with Crippen molar-refractivity contribution in [2.75, 3.05) is 6.61 Å². The van der Waals surface area contributed by atoms with Crippen LogP contribution in [0.4, 0.5) is 13.2 Å². The third-order valence-electron chi connectivity index (χ3n) is 2.37. The van der Waals surface area contributed by atoms with E-state index in [9.17, 15) is 18.0 Å². The van der Waals surface area contributed by atoms with Crippen LogP contribution in [0.15, 0.2) is 18.2 Å². The Bertz CT molecular complexity index is 502. The van der Waals surface area contributed by atoms with E-state index in [1.165, 1.54) is 18.2 Å². The molecule has 0 atom stereocenters. The summed E-state index contributed by atoms with van der Waals surface area (Å²) < 4.78 is 47.7. The van der Waals surface area contributed by atoms with Gasteiger partial charge in [-0.2, -0.15) is 13.2 Å². The van der Waals surface area contributed by atoms with Crippen molar-refractivity contribution in [1.29, 1.82) is 0 Å². The summed E-state index contributed by atoms with van der Waals surface area (Å²) >= 11 is 0. The van der Waals surface area contributed by atoms with Crippen LogP contribution in [0.1, 0.15) is 43.6 Å². The standard InChI is InChI=1S/C15H19F3O3/c1-5-20-12-8-10(9-15(16,17)18)6-7-11(12)13(19)21-14(2,3)4/h6-8H,5,9H2,1-4H3. The van der Waals surface area contributed by atoms with Crippen LogP contribution in [0.2, 0.25) is 0 Å². The molecule has 1 aromatic carbocycles. The van der Waals surface area contributed by atoms with Crippen molar-refractivity contribution in [2.24, 2.45) is 0 Å². The van der Waals surface area contributed by atoms with Gasteiger partial charge in [-0.3, -0.25) is 0 Å². The predicted octanol–water partition coefficient (Wildman–Crippen LogP) is 4.15. The number of esters is 1. The zero-order chi connectivity index (χ0) is 16.3. The average Bonchev–Trinajstić information content (AvgIpc) is 2.24. The first-order chi connectivity index (χ1) is 9.52. The number of hydrogen-bond acceptors (Lipinski definition) is 3. The molecule has 0 saturated heterocycles. The van der Waals surface area contributed by atoms with Gasteiger partial charge in [0, 0.05) is 0 Å². The van der Waals surface area contributed by atoms with Gasteiger partial charge in [-0.25, -0.2) is 4.79 Å². The molecule has 0 aliphatic rings. The molecule has 0 amide bonds. The molecular formula is C15H19F3O3. The van der Waals surface area contributed by atoms with Crippen molar-refractivity contribution in [3.63, 3.8) is 0 Å². The molecule has 1 rings (SSSR count). The number of halogens is 3. The molecule has 0 N–H and O–H groups in total. The van der Waals surface area contributed by atoms with Crippen LogP contribution >= 0.6 is 0 Å². The normalized spacial score (nSPS) is 12.1. The third kappa shape index (κ3) is 6.06. The van der Waals surface area contributed by atoms with Crippen LogP contribution in [-0.2, 0) is 11.2 Å². The summed E-state index contributed by atoms with van der Waals surface area (Å²) in [6.45, 7) is 7.07. The zero-order valence-corrected chi connectivity index (χ0v) is 12.5. The van der Waals surface area contributed by atoms with Gasteiger partial charge in [-0.1, -0.05) is 6.07 Å². The van der Waals surface area contributed by atoms with E-state index in [0.717, 1.165) is 0 Å². The van der Waals surface area contributed by atoms with Gasteiger partial charge in [0.05, 0.1) is 13.0 Å². The highest BCUT2D eigenvalue weighted by Crippen LogP contribution is 2.27. The first-order valence-corrected chi connectivity index (χ1v) is 6.57. The Morgan fingerprint density at radius 3 is 2.29 bits per heavy atom. The quantitative estimate of drug-likeness (QED) is 0.784. The fourth-order valence-corrected chi connectivity index (χ4v) is 1.68. The lowest BCUT2D eigenvalue weighted by atomic mass is 10.1. The average molecular weight is 304 g/mol. The number of alkyl halides is 3. The topological polar surface area (TPSA) is 35.5 Å². The molecule has 0 radical (unpaired) electrons. The fourth-order valence-electron chi connectivity index (χ4n) is 1.68. The summed E-state index contributed by atoms with van der Waals surface area (Å²) in [5.41, 5.74) is -0.526. The lowest BCUT2D eigenvalue weighted by molar-refractivity contribution is -0.127. The van der Waals surface area contributed by atoms with Crippen molar-refractivity contribution < 1.29 is 27.4 Å². The van der Waals surface area contributed by atoms with Crippen LogP contribution in [0.3, 0.4) is 0 Å². The van der Waals surface area contributed by atoms with Crippen LogP contribution in [0, 0.1) is 0 Å². The molecule has 0 aliphatic carbocycles. The van der Waals surface area contributed by atoms with Crippen molar-refractivity contribution in [1.82, 2.24) is 0 Å². The van der Waals surface area contributed by atoms with E-state index in [4.69, 9.17) is 9.47 Å². The smallest absolute Gasteiger partial charge is 0.393 e. The Morgan fingerprint density at radius 1 is 1.19 bits per heavy atom. The molecule has 6 heteroatoms. The minimum atomic E-state index is -4.31. The Morgan fingerprint density at radius 2 is 1.81 bits per heavy atom. The maximum absolute atomic E-state index is 12.4. The first-order valence-electron chi connectivity index (χ1n) is 6.57. The van der Waals surface area contributed by atoms with E-state index in [0.29, 0.717) is 0 Å². The van der Waals surface area contributed by atoms with Crippen LogP contribution < -0.4 is 4.74 Å². The molecule has 0 aromatic heterocycles. The highest BCUT2D eigenvalue weighted by atomic mass is 19.4. The monoisotopic (exact) mass is 304 g/mol. The SMILES string of the molecule is CCOc1cc(CC(F)(F)F)ccc1C(=O)OC(C)(C)C. The van der Waals surface area contributed by atoms with Gasteiger partial charge in [0.25, 0.3) is 0 Å². The minimum Gasteiger partial charge on any atom is -0.493 e. The second-order valence-electron chi connectivity index (χ2n) is 5.56. The van der Waals surface area contributed by atoms with Gasteiger partial charge in [-0.05, 0) is 45.4 Å². The van der Waals surface area contributed by atoms with Crippen molar-refractivity contribution in [3.05, 3.63) is 29.3 Å². The molecule has 0 bridgehead atoms. The summed E-state index contributed by atoms with van der Waals surface area (Å²) in [5, 5.41) is 0. The molecule has 118 valence electrons. The Kier molecular flexibility index (Phi) is 5.25. The predicted molar refractivity (Wildman–Crippen MR) is 72.5 cm³/mol. The summed E-state index contributed by atoms with van der Waals surface area (Å²) in [4.78, 5) is 12.0. The van der Waals surface area contributed by atoms with E-state index in [1.807, 2.05) is 0 Å². The largest absolute Gasteiger partial charge is 0.493 e. The van der Waals surface area contributed by atoms with Gasteiger partial charge < -0.3 is 9.47 Å². The fraction of sp³-hybridized carbons (Fsp3) is 0.533. The number of carbonyl (C=O) groups is 1. The lowest BCUT2D eigenvalue weighted by Gasteiger charge is -2.20. The highest BCUT2D eigenvalue weighted by molar-refractivity contribution is 5.92. The molecule has 0 fully saturated rings. The molecule has 0 saturated carbocycles. The highest BCUT2D eigenvalue weighted by Gasteiger charge is 2.29. The third-order valence-corrected chi connectivity index (χ3v) is 2.37. The molecule has 3 nitrogen and oxygen atoms in total. The number of carbonyl (C=O) groups excluding carboxylic acids is 1. The molecule has 0 aliphatic heterocycles. The summed E-state index contributed by atoms with van der Waals surface area (Å²) in [7, 11) is 0. The van der Waals surface area contributed by atoms with E-state index < -0.39 is 24.2 Å².